The number of nitrogens with zero attached hydrogens (tertiary/aromatic N) is 3. The lowest BCUT2D eigenvalue weighted by Crippen LogP contribution is -2.47. The van der Waals surface area contributed by atoms with Crippen LogP contribution in [0.15, 0.2) is 30.3 Å². The number of carboxylic acid groups (broad SMARTS) is 1. The molecule has 2 aromatic rings. The summed E-state index contributed by atoms with van der Waals surface area (Å²) in [7, 11) is 1.45. The van der Waals surface area contributed by atoms with Gasteiger partial charge in [-0.15, -0.1) is 0 Å². The molecule has 1 heterocycles. The normalized spacial score (nSPS) is 15.7. The fourth-order valence-corrected chi connectivity index (χ4v) is 3.97. The molecular weight excluding hydrogens is 400 g/mol. The second kappa shape index (κ2) is 8.79. The van der Waals surface area contributed by atoms with Crippen LogP contribution in [0.2, 0.25) is 0 Å². The summed E-state index contributed by atoms with van der Waals surface area (Å²) < 4.78 is 5.09. The number of nitro groups is 1. The molecule has 1 aromatic carbocycles. The first-order chi connectivity index (χ1) is 14.6. The van der Waals surface area contributed by atoms with Crippen molar-refractivity contribution in [1.29, 1.82) is 0 Å². The van der Waals surface area contributed by atoms with E-state index in [4.69, 9.17) is 4.74 Å². The van der Waals surface area contributed by atoms with Crippen LogP contribution < -0.4 is 10.1 Å². The van der Waals surface area contributed by atoms with Gasteiger partial charge in [-0.1, -0.05) is 6.07 Å². The summed E-state index contributed by atoms with van der Waals surface area (Å²) in [5.74, 6) is 0.501. The largest absolute Gasteiger partial charge is 0.481 e. The average Bonchev–Trinajstić information content (AvgIpc) is 2.70. The first-order valence-electron chi connectivity index (χ1n) is 10.2. The minimum atomic E-state index is -0.922. The summed E-state index contributed by atoms with van der Waals surface area (Å²) in [5.41, 5.74) is 2.31. The predicted molar refractivity (Wildman–Crippen MR) is 117 cm³/mol. The number of pyridine rings is 1. The van der Waals surface area contributed by atoms with Crippen molar-refractivity contribution in [3.8, 4) is 5.88 Å². The van der Waals surface area contributed by atoms with Gasteiger partial charge in [-0.2, -0.15) is 4.98 Å². The molecule has 9 heteroatoms. The molecule has 3 rings (SSSR count). The van der Waals surface area contributed by atoms with Crippen LogP contribution in [0.1, 0.15) is 50.7 Å². The smallest absolute Gasteiger partial charge is 0.407 e. The van der Waals surface area contributed by atoms with E-state index in [1.165, 1.54) is 24.1 Å². The Balaban J connectivity index is 1.87. The van der Waals surface area contributed by atoms with E-state index in [1.54, 1.807) is 0 Å². The summed E-state index contributed by atoms with van der Waals surface area (Å²) in [4.78, 5) is 28.3. The molecule has 31 heavy (non-hydrogen) atoms. The zero-order valence-corrected chi connectivity index (χ0v) is 18.2. The molecule has 2 N–H and O–H groups in total. The molecule has 1 aliphatic rings. The number of rotatable bonds is 6. The minimum absolute atomic E-state index is 0.109. The fraction of sp³-hybridized carbons (Fsp3) is 0.455. The van der Waals surface area contributed by atoms with Crippen molar-refractivity contribution in [2.45, 2.75) is 51.5 Å². The van der Waals surface area contributed by atoms with Crippen LogP contribution in [0.25, 0.3) is 0 Å². The highest BCUT2D eigenvalue weighted by Crippen LogP contribution is 2.36. The number of aromatic nitrogens is 1. The Morgan fingerprint density at radius 2 is 2.10 bits per heavy atom. The van der Waals surface area contributed by atoms with Crippen molar-refractivity contribution in [3.05, 3.63) is 51.6 Å². The van der Waals surface area contributed by atoms with E-state index in [0.29, 0.717) is 12.2 Å². The number of fused-ring (bicyclic) bond motifs is 1. The first kappa shape index (κ1) is 22.3. The summed E-state index contributed by atoms with van der Waals surface area (Å²) >= 11 is 0. The van der Waals surface area contributed by atoms with E-state index in [0.717, 1.165) is 30.4 Å². The Labute approximate surface area is 181 Å². The van der Waals surface area contributed by atoms with Gasteiger partial charge in [0.15, 0.2) is 0 Å². The summed E-state index contributed by atoms with van der Waals surface area (Å²) in [5, 5.41) is 24.1. The van der Waals surface area contributed by atoms with Crippen LogP contribution >= 0.6 is 0 Å². The highest BCUT2D eigenvalue weighted by Gasteiger charge is 2.31. The van der Waals surface area contributed by atoms with E-state index in [-0.39, 0.29) is 23.3 Å². The molecular formula is C22H28N4O5. The third kappa shape index (κ3) is 5.04. The number of carbonyl (C=O) groups is 1. The highest BCUT2D eigenvalue weighted by atomic mass is 16.6. The number of aryl methyl sites for hydroxylation is 1. The Hall–Kier alpha value is -3.36. The van der Waals surface area contributed by atoms with E-state index in [9.17, 15) is 20.0 Å². The second-order valence-electron chi connectivity index (χ2n) is 8.67. The number of amides is 1. The molecule has 1 atom stereocenters. The van der Waals surface area contributed by atoms with Gasteiger partial charge in [0.05, 0.1) is 12.0 Å². The summed E-state index contributed by atoms with van der Waals surface area (Å²) in [6.07, 6.45) is 1.82. The zero-order valence-electron chi connectivity index (χ0n) is 18.2. The lowest BCUT2D eigenvalue weighted by Gasteiger charge is -2.37. The van der Waals surface area contributed by atoms with E-state index in [1.807, 2.05) is 39.0 Å². The third-order valence-electron chi connectivity index (χ3n) is 5.54. The molecule has 0 aliphatic heterocycles. The van der Waals surface area contributed by atoms with Gasteiger partial charge in [-0.3, -0.25) is 10.1 Å². The second-order valence-corrected chi connectivity index (χ2v) is 8.67. The summed E-state index contributed by atoms with van der Waals surface area (Å²) in [6, 6.07) is 8.61. The quantitative estimate of drug-likeness (QED) is 0.494. The molecule has 9 nitrogen and oxygen atoms in total. The maximum atomic E-state index is 11.8. The maximum Gasteiger partial charge on any atom is 0.407 e. The van der Waals surface area contributed by atoms with Crippen LogP contribution in [0.5, 0.6) is 5.88 Å². The number of nitrogens with one attached hydrogen (secondary N) is 1. The van der Waals surface area contributed by atoms with E-state index >= 15 is 0 Å². The Morgan fingerprint density at radius 1 is 1.35 bits per heavy atom. The van der Waals surface area contributed by atoms with Gasteiger partial charge in [0.2, 0.25) is 11.7 Å². The number of methoxy groups -OCH3 is 1. The van der Waals surface area contributed by atoms with Crippen LogP contribution in [-0.4, -0.2) is 45.2 Å². The van der Waals surface area contributed by atoms with Gasteiger partial charge in [0.1, 0.15) is 0 Å². The molecule has 0 bridgehead atoms. The van der Waals surface area contributed by atoms with Crippen molar-refractivity contribution >= 4 is 23.3 Å². The molecule has 0 radical (unpaired) electrons. The molecule has 0 saturated carbocycles. The lowest BCUT2D eigenvalue weighted by molar-refractivity contribution is -0.384. The fourth-order valence-electron chi connectivity index (χ4n) is 3.97. The van der Waals surface area contributed by atoms with Gasteiger partial charge >= 0.3 is 11.8 Å². The average molecular weight is 428 g/mol. The maximum absolute atomic E-state index is 11.8. The van der Waals surface area contributed by atoms with Crippen LogP contribution in [-0.2, 0) is 6.42 Å². The molecule has 0 fully saturated rings. The van der Waals surface area contributed by atoms with Crippen molar-refractivity contribution in [2.24, 2.45) is 0 Å². The molecule has 1 aromatic heterocycles. The van der Waals surface area contributed by atoms with Gasteiger partial charge in [-0.25, -0.2) is 4.79 Å². The van der Waals surface area contributed by atoms with E-state index < -0.39 is 16.6 Å². The molecule has 1 unspecified atom stereocenters. The van der Waals surface area contributed by atoms with Crippen molar-refractivity contribution < 1.29 is 19.6 Å². The number of hydrogen-bond acceptors (Lipinski definition) is 6. The zero-order chi connectivity index (χ0) is 22.8. The third-order valence-corrected chi connectivity index (χ3v) is 5.54. The van der Waals surface area contributed by atoms with Crippen molar-refractivity contribution in [1.82, 2.24) is 9.88 Å². The van der Waals surface area contributed by atoms with Crippen LogP contribution in [0, 0.1) is 10.1 Å². The Bertz CT molecular complexity index is 986. The van der Waals surface area contributed by atoms with Crippen LogP contribution in [0.3, 0.4) is 0 Å². The topological polar surface area (TPSA) is 118 Å². The molecule has 166 valence electrons. The minimum Gasteiger partial charge on any atom is -0.481 e. The van der Waals surface area contributed by atoms with E-state index in [2.05, 4.69) is 10.3 Å². The standard InChI is InChI=1S/C22H28N4O5/c1-22(2,3)25(21(27)28)13-15-7-5-6-14-12-16(8-9-17(14)15)23-20-18(26(29)30)10-11-19(24-20)31-4/h8-12,15H,5-7,13H2,1-4H3,(H,23,24)(H,27,28). The SMILES string of the molecule is COc1ccc([N+](=O)[O-])c(Nc2ccc3c(c2)CCCC3CN(C(=O)O)C(C)(C)C)n1. The van der Waals surface area contributed by atoms with Gasteiger partial charge in [-0.05, 0) is 63.3 Å². The predicted octanol–water partition coefficient (Wildman–Crippen LogP) is 4.94. The number of anilines is 2. The molecule has 0 saturated heterocycles. The monoisotopic (exact) mass is 428 g/mol. The number of ether oxygens (including phenoxy) is 1. The summed E-state index contributed by atoms with van der Waals surface area (Å²) in [6.45, 7) is 6.12. The Kier molecular flexibility index (Phi) is 6.33. The molecule has 0 spiro atoms. The van der Waals surface area contributed by atoms with Gasteiger partial charge in [0.25, 0.3) is 0 Å². The number of hydrogen-bond donors (Lipinski definition) is 2. The lowest BCUT2D eigenvalue weighted by atomic mass is 9.81. The van der Waals surface area contributed by atoms with Crippen LogP contribution in [0.4, 0.5) is 22.0 Å². The Morgan fingerprint density at radius 3 is 2.71 bits per heavy atom. The van der Waals surface area contributed by atoms with Gasteiger partial charge in [0, 0.05) is 35.8 Å². The number of benzene rings is 1. The van der Waals surface area contributed by atoms with Gasteiger partial charge < -0.3 is 20.1 Å². The van der Waals surface area contributed by atoms with Crippen molar-refractivity contribution in [2.75, 3.05) is 19.0 Å². The molecule has 1 aliphatic carbocycles. The molecule has 1 amide bonds. The highest BCUT2D eigenvalue weighted by molar-refractivity contribution is 5.68. The van der Waals surface area contributed by atoms with Crippen molar-refractivity contribution in [3.63, 3.8) is 0 Å². The first-order valence-corrected chi connectivity index (χ1v) is 10.2.